The molecule has 2 aromatic heterocycles. The molecule has 1 aliphatic heterocycles. The average Bonchev–Trinajstić information content (AvgIpc) is 3.38. The minimum absolute atomic E-state index is 0.0408. The van der Waals surface area contributed by atoms with Gasteiger partial charge in [0.25, 0.3) is 5.91 Å². The van der Waals surface area contributed by atoms with Gasteiger partial charge in [0.15, 0.2) is 17.1 Å². The lowest BCUT2D eigenvalue weighted by Crippen LogP contribution is -2.35. The van der Waals surface area contributed by atoms with Crippen LogP contribution in [0.25, 0.3) is 34.4 Å². The summed E-state index contributed by atoms with van der Waals surface area (Å²) in [6, 6.07) is 12.3. The van der Waals surface area contributed by atoms with Crippen molar-refractivity contribution >= 4 is 29.1 Å². The Labute approximate surface area is 220 Å². The molecule has 0 saturated carbocycles. The van der Waals surface area contributed by atoms with E-state index in [9.17, 15) is 9.90 Å². The van der Waals surface area contributed by atoms with E-state index < -0.39 is 0 Å². The van der Waals surface area contributed by atoms with Crippen molar-refractivity contribution in [3.63, 3.8) is 0 Å². The Balaban J connectivity index is 1.60. The van der Waals surface area contributed by atoms with Gasteiger partial charge >= 0.3 is 0 Å². The van der Waals surface area contributed by atoms with Crippen molar-refractivity contribution in [2.24, 2.45) is 0 Å². The molecule has 2 N–H and O–H groups in total. The molecular weight excluding hydrogens is 484 g/mol. The first-order chi connectivity index (χ1) is 18.5. The van der Waals surface area contributed by atoms with Gasteiger partial charge in [-0.3, -0.25) is 9.89 Å². The summed E-state index contributed by atoms with van der Waals surface area (Å²) in [5.41, 5.74) is 3.87. The molecule has 0 bridgehead atoms. The monoisotopic (exact) mass is 514 g/mol. The van der Waals surface area contributed by atoms with Gasteiger partial charge in [-0.2, -0.15) is 5.10 Å². The predicted molar refractivity (Wildman–Crippen MR) is 146 cm³/mol. The van der Waals surface area contributed by atoms with E-state index in [2.05, 4.69) is 10.2 Å². The van der Waals surface area contributed by atoms with Gasteiger partial charge in [-0.1, -0.05) is 6.08 Å². The molecule has 1 fully saturated rings. The Morgan fingerprint density at radius 2 is 1.63 bits per heavy atom. The maximum absolute atomic E-state index is 13.8. The Morgan fingerprint density at radius 3 is 2.26 bits per heavy atom. The number of ether oxygens (including phenoxy) is 3. The number of H-pyrrole nitrogens is 1. The fourth-order valence-electron chi connectivity index (χ4n) is 4.76. The number of hydrogen-bond acceptors (Lipinski definition) is 7. The van der Waals surface area contributed by atoms with Crippen molar-refractivity contribution < 1.29 is 24.1 Å². The number of carbonyl (C=O) groups is 1. The van der Waals surface area contributed by atoms with Crippen LogP contribution in [0.5, 0.6) is 23.0 Å². The number of rotatable bonds is 7. The van der Waals surface area contributed by atoms with Crippen LogP contribution in [0.1, 0.15) is 40.9 Å². The van der Waals surface area contributed by atoms with E-state index in [-0.39, 0.29) is 11.7 Å². The van der Waals surface area contributed by atoms with Crippen LogP contribution in [0, 0.1) is 0 Å². The number of amides is 1. The molecule has 9 nitrogen and oxygen atoms in total. The van der Waals surface area contributed by atoms with Crippen molar-refractivity contribution in [1.29, 1.82) is 0 Å². The van der Waals surface area contributed by atoms with Gasteiger partial charge in [-0.25, -0.2) is 4.98 Å². The lowest BCUT2D eigenvalue weighted by Gasteiger charge is -2.27. The quantitative estimate of drug-likeness (QED) is 0.351. The SMILES string of the molecule is COc1cc(/C=C/c2[nH]nc3nc(-c4ccc(O)cc4)cc(C(=O)N4CCCCC4)c23)cc(OC)c1OC. The number of aromatic hydroxyl groups is 1. The first kappa shape index (κ1) is 25.1. The molecule has 196 valence electrons. The first-order valence-corrected chi connectivity index (χ1v) is 12.5. The summed E-state index contributed by atoms with van der Waals surface area (Å²) in [5.74, 6) is 1.73. The highest BCUT2D eigenvalue weighted by molar-refractivity contribution is 6.09. The average molecular weight is 515 g/mol. The lowest BCUT2D eigenvalue weighted by atomic mass is 10.0. The molecular formula is C29H30N4O5. The maximum Gasteiger partial charge on any atom is 0.254 e. The van der Waals surface area contributed by atoms with Crippen molar-refractivity contribution in [2.45, 2.75) is 19.3 Å². The van der Waals surface area contributed by atoms with Gasteiger partial charge in [-0.05, 0) is 73.4 Å². The number of carbonyl (C=O) groups excluding carboxylic acids is 1. The standard InChI is InChI=1S/C29H30N4O5/c1-36-24-15-18(16-25(37-2)27(24)38-3)7-12-22-26-21(29(35)33-13-5-4-6-14-33)17-23(30-28(26)32-31-22)19-8-10-20(34)11-9-19/h7-12,15-17,34H,4-6,13-14H2,1-3H3,(H,30,31,32)/b12-7+. The zero-order valence-electron chi connectivity index (χ0n) is 21.7. The van der Waals surface area contributed by atoms with Gasteiger partial charge in [0, 0.05) is 18.7 Å². The van der Waals surface area contributed by atoms with E-state index in [1.807, 2.05) is 35.3 Å². The molecule has 4 aromatic rings. The second-order valence-electron chi connectivity index (χ2n) is 9.08. The molecule has 0 unspecified atom stereocenters. The van der Waals surface area contributed by atoms with Crippen LogP contribution in [-0.4, -0.2) is 65.5 Å². The maximum atomic E-state index is 13.8. The van der Waals surface area contributed by atoms with Gasteiger partial charge in [0.2, 0.25) is 5.75 Å². The molecule has 2 aromatic carbocycles. The zero-order valence-corrected chi connectivity index (χ0v) is 21.7. The number of nitrogens with one attached hydrogen (secondary N) is 1. The summed E-state index contributed by atoms with van der Waals surface area (Å²) in [6.07, 6.45) is 6.86. The molecule has 3 heterocycles. The highest BCUT2D eigenvalue weighted by Gasteiger charge is 2.24. The third kappa shape index (κ3) is 4.87. The van der Waals surface area contributed by atoms with E-state index in [1.165, 1.54) is 0 Å². The number of aromatic nitrogens is 3. The number of benzene rings is 2. The summed E-state index contributed by atoms with van der Waals surface area (Å²) >= 11 is 0. The molecule has 1 aliphatic rings. The van der Waals surface area contributed by atoms with E-state index in [0.29, 0.717) is 45.2 Å². The topological polar surface area (TPSA) is 110 Å². The van der Waals surface area contributed by atoms with Crippen LogP contribution in [0.2, 0.25) is 0 Å². The lowest BCUT2D eigenvalue weighted by molar-refractivity contribution is 0.0726. The van der Waals surface area contributed by atoms with E-state index in [4.69, 9.17) is 19.2 Å². The Hall–Kier alpha value is -4.53. The number of aromatic amines is 1. The number of nitrogens with zero attached hydrogens (tertiary/aromatic N) is 3. The minimum Gasteiger partial charge on any atom is -0.508 e. The van der Waals surface area contributed by atoms with Crippen LogP contribution < -0.4 is 14.2 Å². The molecule has 9 heteroatoms. The van der Waals surface area contributed by atoms with Crippen molar-refractivity contribution in [3.05, 3.63) is 59.3 Å². The van der Waals surface area contributed by atoms with Crippen molar-refractivity contribution in [2.75, 3.05) is 34.4 Å². The third-order valence-corrected chi connectivity index (χ3v) is 6.72. The van der Waals surface area contributed by atoms with Gasteiger partial charge in [-0.15, -0.1) is 0 Å². The fourth-order valence-corrected chi connectivity index (χ4v) is 4.76. The van der Waals surface area contributed by atoms with Crippen molar-refractivity contribution in [3.8, 4) is 34.3 Å². The molecule has 5 rings (SSSR count). The molecule has 0 radical (unpaired) electrons. The number of phenolic OH excluding ortho intramolecular Hbond substituents is 1. The van der Waals surface area contributed by atoms with Crippen LogP contribution in [0.4, 0.5) is 0 Å². The summed E-state index contributed by atoms with van der Waals surface area (Å²) in [4.78, 5) is 20.4. The number of phenols is 1. The third-order valence-electron chi connectivity index (χ3n) is 6.72. The van der Waals surface area contributed by atoms with Gasteiger partial charge in [0.05, 0.1) is 43.7 Å². The van der Waals surface area contributed by atoms with Gasteiger partial charge in [0.1, 0.15) is 5.75 Å². The Morgan fingerprint density at radius 1 is 0.947 bits per heavy atom. The molecule has 1 amide bonds. The highest BCUT2D eigenvalue weighted by atomic mass is 16.5. The predicted octanol–water partition coefficient (Wildman–Crippen LogP) is 5.15. The highest BCUT2D eigenvalue weighted by Crippen LogP contribution is 2.39. The molecule has 0 spiro atoms. The largest absolute Gasteiger partial charge is 0.508 e. The molecule has 0 aliphatic carbocycles. The van der Waals surface area contributed by atoms with E-state index in [1.54, 1.807) is 45.6 Å². The molecule has 0 atom stereocenters. The van der Waals surface area contributed by atoms with E-state index in [0.717, 1.165) is 43.5 Å². The van der Waals surface area contributed by atoms with Crippen molar-refractivity contribution in [1.82, 2.24) is 20.1 Å². The number of piperidine rings is 1. The van der Waals surface area contributed by atoms with Crippen LogP contribution in [0.3, 0.4) is 0 Å². The second-order valence-corrected chi connectivity index (χ2v) is 9.08. The fraction of sp³-hybridized carbons (Fsp3) is 0.276. The van der Waals surface area contributed by atoms with Crippen LogP contribution >= 0.6 is 0 Å². The van der Waals surface area contributed by atoms with Gasteiger partial charge < -0.3 is 24.2 Å². The van der Waals surface area contributed by atoms with E-state index >= 15 is 0 Å². The summed E-state index contributed by atoms with van der Waals surface area (Å²) in [7, 11) is 4.71. The Kier molecular flexibility index (Phi) is 7.17. The number of pyridine rings is 1. The number of likely N-dealkylation sites (tertiary alicyclic amines) is 1. The van der Waals surface area contributed by atoms with Crippen LogP contribution in [0.15, 0.2) is 42.5 Å². The normalized spacial score (nSPS) is 13.7. The summed E-state index contributed by atoms with van der Waals surface area (Å²) in [6.45, 7) is 1.46. The summed E-state index contributed by atoms with van der Waals surface area (Å²) < 4.78 is 16.4. The number of fused-ring (bicyclic) bond motifs is 1. The Bertz CT molecular complexity index is 1460. The number of methoxy groups -OCH3 is 3. The second kappa shape index (κ2) is 10.8. The number of hydrogen-bond donors (Lipinski definition) is 2. The first-order valence-electron chi connectivity index (χ1n) is 12.5. The molecule has 1 saturated heterocycles. The smallest absolute Gasteiger partial charge is 0.254 e. The van der Waals surface area contributed by atoms with Crippen LogP contribution in [-0.2, 0) is 0 Å². The summed E-state index contributed by atoms with van der Waals surface area (Å²) in [5, 5.41) is 17.9. The zero-order chi connectivity index (χ0) is 26.6. The minimum atomic E-state index is -0.0408. The molecule has 38 heavy (non-hydrogen) atoms.